The van der Waals surface area contributed by atoms with E-state index in [1.54, 1.807) is 12.4 Å². The first-order chi connectivity index (χ1) is 8.63. The Morgan fingerprint density at radius 3 is 2.56 bits per heavy atom. The van der Waals surface area contributed by atoms with Gasteiger partial charge in [0.25, 0.3) is 0 Å². The van der Waals surface area contributed by atoms with Crippen molar-refractivity contribution < 1.29 is 4.74 Å². The van der Waals surface area contributed by atoms with Crippen molar-refractivity contribution in [1.29, 1.82) is 0 Å². The Morgan fingerprint density at radius 1 is 1.22 bits per heavy atom. The summed E-state index contributed by atoms with van der Waals surface area (Å²) in [6, 6.07) is 10.00. The molecule has 0 aliphatic heterocycles. The van der Waals surface area contributed by atoms with Crippen molar-refractivity contribution in [2.45, 2.75) is 19.4 Å². The average Bonchev–Trinajstić information content (AvgIpc) is 2.31. The third-order valence-electron chi connectivity index (χ3n) is 2.40. The maximum absolute atomic E-state index is 5.76. The number of aromatic nitrogens is 1. The molecule has 94 valence electrons. The monoisotopic (exact) mass is 306 g/mol. The maximum Gasteiger partial charge on any atom is 0.146 e. The van der Waals surface area contributed by atoms with Crippen LogP contribution in [0.15, 0.2) is 47.2 Å². The Morgan fingerprint density at radius 2 is 1.94 bits per heavy atom. The average molecular weight is 307 g/mol. The fourth-order valence-corrected chi connectivity index (χ4v) is 1.99. The van der Waals surface area contributed by atoms with Crippen LogP contribution < -0.4 is 10.5 Å². The van der Waals surface area contributed by atoms with Gasteiger partial charge in [-0.25, -0.2) is 0 Å². The SMILES string of the molecule is CC(N)Cc1ccc(Oc2cncc(Br)c2)cc1. The van der Waals surface area contributed by atoms with E-state index in [9.17, 15) is 0 Å². The lowest BCUT2D eigenvalue weighted by atomic mass is 10.1. The van der Waals surface area contributed by atoms with Crippen LogP contribution in [0.2, 0.25) is 0 Å². The lowest BCUT2D eigenvalue weighted by Gasteiger charge is -2.08. The predicted octanol–water partition coefficient (Wildman–Crippen LogP) is 3.53. The minimum atomic E-state index is 0.172. The van der Waals surface area contributed by atoms with Crippen molar-refractivity contribution in [2.75, 3.05) is 0 Å². The van der Waals surface area contributed by atoms with Crippen LogP contribution in [0.3, 0.4) is 0 Å². The number of halogens is 1. The molecule has 0 bridgehead atoms. The number of hydrogen-bond acceptors (Lipinski definition) is 3. The summed E-state index contributed by atoms with van der Waals surface area (Å²) in [5, 5.41) is 0. The number of hydrogen-bond donors (Lipinski definition) is 1. The molecule has 2 rings (SSSR count). The molecule has 0 fully saturated rings. The third-order valence-corrected chi connectivity index (χ3v) is 2.83. The van der Waals surface area contributed by atoms with Crippen LogP contribution in [0.5, 0.6) is 11.5 Å². The van der Waals surface area contributed by atoms with Gasteiger partial charge in [0.2, 0.25) is 0 Å². The number of pyridine rings is 1. The van der Waals surface area contributed by atoms with Gasteiger partial charge in [-0.1, -0.05) is 12.1 Å². The summed E-state index contributed by atoms with van der Waals surface area (Å²) in [7, 11) is 0. The summed E-state index contributed by atoms with van der Waals surface area (Å²) in [5.41, 5.74) is 6.97. The molecule has 1 aromatic carbocycles. The topological polar surface area (TPSA) is 48.1 Å². The fraction of sp³-hybridized carbons (Fsp3) is 0.214. The highest BCUT2D eigenvalue weighted by atomic mass is 79.9. The standard InChI is InChI=1S/C14H15BrN2O/c1-10(16)6-11-2-4-13(5-3-11)18-14-7-12(15)8-17-9-14/h2-5,7-10H,6,16H2,1H3. The van der Waals surface area contributed by atoms with E-state index in [4.69, 9.17) is 10.5 Å². The second-order valence-corrected chi connectivity index (χ2v) is 5.18. The van der Waals surface area contributed by atoms with Crippen molar-refractivity contribution in [3.8, 4) is 11.5 Å². The first-order valence-corrected chi connectivity index (χ1v) is 6.56. The van der Waals surface area contributed by atoms with Crippen molar-refractivity contribution in [2.24, 2.45) is 5.73 Å². The Kier molecular flexibility index (Phi) is 4.33. The first kappa shape index (κ1) is 13.1. The quantitative estimate of drug-likeness (QED) is 0.940. The van der Waals surface area contributed by atoms with Crippen LogP contribution in [-0.2, 0) is 6.42 Å². The van der Waals surface area contributed by atoms with Gasteiger partial charge in [-0.15, -0.1) is 0 Å². The number of rotatable bonds is 4. The molecule has 0 amide bonds. The number of ether oxygens (including phenoxy) is 1. The fourth-order valence-electron chi connectivity index (χ4n) is 1.65. The van der Waals surface area contributed by atoms with E-state index in [-0.39, 0.29) is 6.04 Å². The summed E-state index contributed by atoms with van der Waals surface area (Å²) >= 11 is 3.36. The van der Waals surface area contributed by atoms with Crippen LogP contribution in [0.4, 0.5) is 0 Å². The van der Waals surface area contributed by atoms with E-state index in [0.29, 0.717) is 5.75 Å². The highest BCUT2D eigenvalue weighted by molar-refractivity contribution is 9.10. The van der Waals surface area contributed by atoms with Crippen molar-refractivity contribution in [3.63, 3.8) is 0 Å². The second-order valence-electron chi connectivity index (χ2n) is 4.27. The third kappa shape index (κ3) is 3.82. The molecule has 0 aliphatic carbocycles. The Bertz CT molecular complexity index is 511. The van der Waals surface area contributed by atoms with Crippen LogP contribution >= 0.6 is 15.9 Å². The Labute approximate surface area is 115 Å². The van der Waals surface area contributed by atoms with Gasteiger partial charge in [-0.05, 0) is 53.0 Å². The molecular formula is C14H15BrN2O. The zero-order valence-electron chi connectivity index (χ0n) is 10.1. The van der Waals surface area contributed by atoms with Crippen LogP contribution in [-0.4, -0.2) is 11.0 Å². The summed E-state index contributed by atoms with van der Waals surface area (Å²) < 4.78 is 6.59. The van der Waals surface area contributed by atoms with Crippen LogP contribution in [0, 0.1) is 0 Å². The molecule has 1 atom stereocenters. The molecule has 0 radical (unpaired) electrons. The molecule has 18 heavy (non-hydrogen) atoms. The smallest absolute Gasteiger partial charge is 0.146 e. The molecule has 4 heteroatoms. The van der Waals surface area contributed by atoms with Crippen LogP contribution in [0.25, 0.3) is 0 Å². The van der Waals surface area contributed by atoms with E-state index in [1.807, 2.05) is 37.3 Å². The Balaban J connectivity index is 2.06. The van der Waals surface area contributed by atoms with Gasteiger partial charge in [0.1, 0.15) is 11.5 Å². The predicted molar refractivity (Wildman–Crippen MR) is 75.8 cm³/mol. The molecule has 0 spiro atoms. The highest BCUT2D eigenvalue weighted by Gasteiger charge is 2.01. The van der Waals surface area contributed by atoms with Crippen LogP contribution in [0.1, 0.15) is 12.5 Å². The molecule has 2 aromatic rings. The van der Waals surface area contributed by atoms with E-state index < -0.39 is 0 Å². The van der Waals surface area contributed by atoms with Crippen molar-refractivity contribution in [3.05, 3.63) is 52.8 Å². The lowest BCUT2D eigenvalue weighted by Crippen LogP contribution is -2.17. The number of nitrogens with zero attached hydrogens (tertiary/aromatic N) is 1. The molecule has 0 aliphatic rings. The minimum absolute atomic E-state index is 0.172. The van der Waals surface area contributed by atoms with Gasteiger partial charge < -0.3 is 10.5 Å². The molecule has 1 unspecified atom stereocenters. The zero-order valence-corrected chi connectivity index (χ0v) is 11.7. The molecule has 3 nitrogen and oxygen atoms in total. The van der Waals surface area contributed by atoms with Gasteiger partial charge in [-0.2, -0.15) is 0 Å². The summed E-state index contributed by atoms with van der Waals surface area (Å²) in [4.78, 5) is 4.05. The maximum atomic E-state index is 5.76. The van der Waals surface area contributed by atoms with Gasteiger partial charge in [0, 0.05) is 16.7 Å². The van der Waals surface area contributed by atoms with E-state index >= 15 is 0 Å². The summed E-state index contributed by atoms with van der Waals surface area (Å²) in [5.74, 6) is 1.51. The van der Waals surface area contributed by atoms with E-state index in [1.165, 1.54) is 5.56 Å². The van der Waals surface area contributed by atoms with E-state index in [2.05, 4.69) is 20.9 Å². The van der Waals surface area contributed by atoms with Gasteiger partial charge >= 0.3 is 0 Å². The van der Waals surface area contributed by atoms with E-state index in [0.717, 1.165) is 16.6 Å². The Hall–Kier alpha value is -1.39. The van der Waals surface area contributed by atoms with Crippen molar-refractivity contribution >= 4 is 15.9 Å². The first-order valence-electron chi connectivity index (χ1n) is 5.76. The normalized spacial score (nSPS) is 12.2. The lowest BCUT2D eigenvalue weighted by molar-refractivity contribution is 0.479. The van der Waals surface area contributed by atoms with Crippen molar-refractivity contribution in [1.82, 2.24) is 4.98 Å². The summed E-state index contributed by atoms with van der Waals surface area (Å²) in [6.45, 7) is 2.00. The highest BCUT2D eigenvalue weighted by Crippen LogP contribution is 2.23. The molecule has 0 saturated carbocycles. The number of benzene rings is 1. The molecule has 2 N–H and O–H groups in total. The largest absolute Gasteiger partial charge is 0.456 e. The summed E-state index contributed by atoms with van der Waals surface area (Å²) in [6.07, 6.45) is 4.28. The molecule has 0 saturated heterocycles. The molecule has 1 heterocycles. The zero-order chi connectivity index (χ0) is 13.0. The van der Waals surface area contributed by atoms with Gasteiger partial charge in [0.15, 0.2) is 0 Å². The number of nitrogens with two attached hydrogens (primary N) is 1. The second kappa shape index (κ2) is 5.98. The molecular weight excluding hydrogens is 292 g/mol. The molecule has 1 aromatic heterocycles. The minimum Gasteiger partial charge on any atom is -0.456 e. The van der Waals surface area contributed by atoms with Gasteiger partial charge in [0.05, 0.1) is 6.20 Å². The van der Waals surface area contributed by atoms with Gasteiger partial charge in [-0.3, -0.25) is 4.98 Å².